The van der Waals surface area contributed by atoms with Gasteiger partial charge >= 0.3 is 0 Å². The lowest BCUT2D eigenvalue weighted by molar-refractivity contribution is 0.637. The van der Waals surface area contributed by atoms with E-state index in [4.69, 9.17) is 17.3 Å². The minimum absolute atomic E-state index is 0.345. The van der Waals surface area contributed by atoms with E-state index in [2.05, 4.69) is 4.98 Å². The van der Waals surface area contributed by atoms with E-state index in [1.807, 2.05) is 0 Å². The van der Waals surface area contributed by atoms with Gasteiger partial charge in [0.15, 0.2) is 0 Å². The fraction of sp³-hybridized carbons (Fsp3) is 0.308. The number of nitrogens with two attached hydrogens (primary N) is 1. The van der Waals surface area contributed by atoms with Crippen molar-refractivity contribution in [2.45, 2.75) is 25.7 Å². The molecule has 1 aliphatic rings. The number of nitrogen functional groups attached to an aromatic ring is 1. The third-order valence-corrected chi connectivity index (χ3v) is 3.66. The summed E-state index contributed by atoms with van der Waals surface area (Å²) >= 11 is 6.06. The molecule has 0 fully saturated rings. The number of nitrogens with zero attached hydrogens (tertiary/aromatic N) is 1. The van der Waals surface area contributed by atoms with Crippen LogP contribution in [0.2, 0.25) is 5.02 Å². The Labute approximate surface area is 104 Å². The molecule has 0 spiro atoms. The number of benzene rings is 1. The van der Waals surface area contributed by atoms with E-state index in [0.717, 1.165) is 36.9 Å². The van der Waals surface area contributed by atoms with Crippen LogP contribution in [-0.4, -0.2) is 4.98 Å². The molecule has 0 bridgehead atoms. The van der Waals surface area contributed by atoms with Gasteiger partial charge in [0.25, 0.3) is 0 Å². The first kappa shape index (κ1) is 10.8. The Kier molecular flexibility index (Phi) is 2.44. The zero-order valence-electron chi connectivity index (χ0n) is 9.26. The molecular weight excluding hydrogens is 239 g/mol. The van der Waals surface area contributed by atoms with E-state index in [0.29, 0.717) is 21.6 Å². The van der Waals surface area contributed by atoms with Crippen molar-refractivity contribution < 1.29 is 4.39 Å². The normalized spacial score (nSPS) is 14.9. The van der Waals surface area contributed by atoms with Crippen molar-refractivity contribution in [3.05, 3.63) is 34.2 Å². The molecule has 4 heteroatoms. The first-order chi connectivity index (χ1) is 8.18. The average molecular weight is 251 g/mol. The van der Waals surface area contributed by atoms with Gasteiger partial charge in [-0.15, -0.1) is 0 Å². The van der Waals surface area contributed by atoms with Crippen molar-refractivity contribution in [2.24, 2.45) is 0 Å². The van der Waals surface area contributed by atoms with E-state index in [9.17, 15) is 4.39 Å². The number of halogens is 2. The Morgan fingerprint density at radius 3 is 2.82 bits per heavy atom. The molecule has 17 heavy (non-hydrogen) atoms. The monoisotopic (exact) mass is 250 g/mol. The highest BCUT2D eigenvalue weighted by molar-refractivity contribution is 6.35. The predicted octanol–water partition coefficient (Wildman–Crippen LogP) is 3.49. The second kappa shape index (κ2) is 3.84. The number of hydrogen-bond acceptors (Lipinski definition) is 2. The van der Waals surface area contributed by atoms with Gasteiger partial charge in [0, 0.05) is 11.4 Å². The lowest BCUT2D eigenvalue weighted by Gasteiger charge is -2.19. The maximum absolute atomic E-state index is 13.8. The van der Waals surface area contributed by atoms with Gasteiger partial charge in [-0.25, -0.2) is 4.39 Å². The van der Waals surface area contributed by atoms with Crippen molar-refractivity contribution in [1.29, 1.82) is 0 Å². The molecule has 0 radical (unpaired) electrons. The van der Waals surface area contributed by atoms with Crippen LogP contribution in [0.3, 0.4) is 0 Å². The smallest absolute Gasteiger partial charge is 0.134 e. The summed E-state index contributed by atoms with van der Waals surface area (Å²) in [6.45, 7) is 0. The third-order valence-electron chi connectivity index (χ3n) is 3.36. The quantitative estimate of drug-likeness (QED) is 0.777. The van der Waals surface area contributed by atoms with Crippen molar-refractivity contribution in [1.82, 2.24) is 4.98 Å². The first-order valence-corrected chi connectivity index (χ1v) is 6.11. The topological polar surface area (TPSA) is 38.9 Å². The summed E-state index contributed by atoms with van der Waals surface area (Å²) in [6, 6.07) is 2.87. The molecular formula is C13H12ClFN2. The summed E-state index contributed by atoms with van der Waals surface area (Å²) in [7, 11) is 0. The van der Waals surface area contributed by atoms with Crippen molar-refractivity contribution >= 4 is 28.2 Å². The van der Waals surface area contributed by atoms with E-state index in [1.54, 1.807) is 0 Å². The zero-order valence-corrected chi connectivity index (χ0v) is 10.0. The highest BCUT2D eigenvalue weighted by Crippen LogP contribution is 2.35. The van der Waals surface area contributed by atoms with Gasteiger partial charge in [-0.1, -0.05) is 11.6 Å². The number of pyridine rings is 1. The van der Waals surface area contributed by atoms with Gasteiger partial charge in [0.1, 0.15) is 5.82 Å². The Morgan fingerprint density at radius 2 is 2.00 bits per heavy atom. The van der Waals surface area contributed by atoms with Crippen LogP contribution in [0, 0.1) is 5.82 Å². The fourth-order valence-electron chi connectivity index (χ4n) is 2.50. The molecule has 2 nitrogen and oxygen atoms in total. The molecule has 1 aliphatic carbocycles. The lowest BCUT2D eigenvalue weighted by Crippen LogP contribution is -2.10. The van der Waals surface area contributed by atoms with E-state index >= 15 is 0 Å². The summed E-state index contributed by atoms with van der Waals surface area (Å²) in [5.41, 5.74) is 9.06. The lowest BCUT2D eigenvalue weighted by atomic mass is 9.93. The summed E-state index contributed by atoms with van der Waals surface area (Å²) in [6.07, 6.45) is 3.99. The average Bonchev–Trinajstić information content (AvgIpc) is 2.34. The fourth-order valence-corrected chi connectivity index (χ4v) is 2.70. The molecule has 0 aliphatic heterocycles. The number of hydrogen-bond donors (Lipinski definition) is 1. The largest absolute Gasteiger partial charge is 0.398 e. The van der Waals surface area contributed by atoms with Gasteiger partial charge in [-0.2, -0.15) is 0 Å². The van der Waals surface area contributed by atoms with Gasteiger partial charge < -0.3 is 5.73 Å². The number of aromatic nitrogens is 1. The molecule has 88 valence electrons. The predicted molar refractivity (Wildman–Crippen MR) is 67.8 cm³/mol. The molecule has 3 rings (SSSR count). The minimum atomic E-state index is -0.345. The van der Waals surface area contributed by atoms with Crippen LogP contribution in [0.5, 0.6) is 0 Å². The molecule has 2 aromatic rings. The van der Waals surface area contributed by atoms with E-state index in [-0.39, 0.29) is 5.82 Å². The molecule has 2 N–H and O–H groups in total. The maximum Gasteiger partial charge on any atom is 0.134 e. The standard InChI is InChI=1S/C13H12ClFN2/c14-8-5-6-9(15)11-12(16)7-3-1-2-4-10(7)17-13(8)11/h5-6H,1-4H2,(H2,16,17). The van der Waals surface area contributed by atoms with Crippen molar-refractivity contribution in [2.75, 3.05) is 5.73 Å². The minimum Gasteiger partial charge on any atom is -0.398 e. The first-order valence-electron chi connectivity index (χ1n) is 5.73. The summed E-state index contributed by atoms with van der Waals surface area (Å²) in [4.78, 5) is 4.49. The maximum atomic E-state index is 13.8. The van der Waals surface area contributed by atoms with Crippen LogP contribution in [0.1, 0.15) is 24.1 Å². The van der Waals surface area contributed by atoms with Crippen LogP contribution in [-0.2, 0) is 12.8 Å². The Hall–Kier alpha value is -1.35. The van der Waals surface area contributed by atoms with Crippen LogP contribution >= 0.6 is 11.6 Å². The van der Waals surface area contributed by atoms with Crippen molar-refractivity contribution in [3.8, 4) is 0 Å². The molecule has 0 saturated carbocycles. The Balaban J connectivity index is 2.44. The van der Waals surface area contributed by atoms with E-state index < -0.39 is 0 Å². The van der Waals surface area contributed by atoms with Crippen LogP contribution in [0.15, 0.2) is 12.1 Å². The number of rotatable bonds is 0. The molecule has 1 aromatic carbocycles. The Bertz CT molecular complexity index is 610. The molecule has 0 amide bonds. The number of fused-ring (bicyclic) bond motifs is 2. The summed E-state index contributed by atoms with van der Waals surface area (Å²) < 4.78 is 13.8. The highest BCUT2D eigenvalue weighted by atomic mass is 35.5. The van der Waals surface area contributed by atoms with Crippen LogP contribution in [0.25, 0.3) is 10.9 Å². The van der Waals surface area contributed by atoms with Gasteiger partial charge in [0.05, 0.1) is 15.9 Å². The second-order valence-corrected chi connectivity index (χ2v) is 4.82. The molecule has 0 unspecified atom stereocenters. The summed E-state index contributed by atoms with van der Waals surface area (Å²) in [5.74, 6) is -0.345. The summed E-state index contributed by atoms with van der Waals surface area (Å²) in [5, 5.41) is 0.833. The van der Waals surface area contributed by atoms with Gasteiger partial charge in [-0.3, -0.25) is 4.98 Å². The molecule has 0 saturated heterocycles. The zero-order chi connectivity index (χ0) is 12.0. The van der Waals surface area contributed by atoms with Gasteiger partial charge in [-0.05, 0) is 43.4 Å². The Morgan fingerprint density at radius 1 is 1.24 bits per heavy atom. The second-order valence-electron chi connectivity index (χ2n) is 4.41. The van der Waals surface area contributed by atoms with Crippen LogP contribution in [0.4, 0.5) is 10.1 Å². The SMILES string of the molecule is Nc1c2c(nc3c(Cl)ccc(F)c13)CCCC2. The molecule has 1 aromatic heterocycles. The molecule has 1 heterocycles. The van der Waals surface area contributed by atoms with Crippen molar-refractivity contribution in [3.63, 3.8) is 0 Å². The van der Waals surface area contributed by atoms with E-state index in [1.165, 1.54) is 12.1 Å². The third kappa shape index (κ3) is 1.57. The molecule has 0 atom stereocenters. The highest BCUT2D eigenvalue weighted by Gasteiger charge is 2.19. The number of anilines is 1. The number of aryl methyl sites for hydroxylation is 1. The van der Waals surface area contributed by atoms with Gasteiger partial charge in [0.2, 0.25) is 0 Å². The van der Waals surface area contributed by atoms with Crippen LogP contribution < -0.4 is 5.73 Å².